The molecule has 1 fully saturated rings. The van der Waals surface area contributed by atoms with Gasteiger partial charge in [0.15, 0.2) is 0 Å². The van der Waals surface area contributed by atoms with Crippen molar-refractivity contribution in [3.05, 3.63) is 24.4 Å². The number of anilines is 1. The van der Waals surface area contributed by atoms with Crippen LogP contribution in [0.3, 0.4) is 0 Å². The molecule has 1 aromatic rings. The zero-order valence-corrected chi connectivity index (χ0v) is 11.7. The number of hydrogen-bond acceptors (Lipinski definition) is 4. The van der Waals surface area contributed by atoms with E-state index < -0.39 is 5.60 Å². The van der Waals surface area contributed by atoms with Crippen LogP contribution >= 0.6 is 0 Å². The van der Waals surface area contributed by atoms with Gasteiger partial charge in [-0.1, -0.05) is 6.07 Å². The Balaban J connectivity index is 1.84. The molecule has 2 rings (SSSR count). The van der Waals surface area contributed by atoms with Gasteiger partial charge in [-0.2, -0.15) is 0 Å². The Hall–Kier alpha value is -1.78. The molecule has 104 valence electrons. The van der Waals surface area contributed by atoms with Gasteiger partial charge in [-0.05, 0) is 39.3 Å². The number of amides is 1. The van der Waals surface area contributed by atoms with Crippen LogP contribution < -0.4 is 10.2 Å². The Morgan fingerprint density at radius 3 is 2.89 bits per heavy atom. The molecule has 0 aliphatic carbocycles. The normalized spacial score (nSPS) is 19.3. The number of nitrogens with zero attached hydrogens (tertiary/aromatic N) is 2. The van der Waals surface area contributed by atoms with Crippen LogP contribution in [-0.4, -0.2) is 35.8 Å². The smallest absolute Gasteiger partial charge is 0.407 e. The second kappa shape index (κ2) is 5.47. The molecule has 19 heavy (non-hydrogen) atoms. The van der Waals surface area contributed by atoms with Crippen molar-refractivity contribution in [3.8, 4) is 0 Å². The largest absolute Gasteiger partial charge is 0.444 e. The second-order valence-electron chi connectivity index (χ2n) is 5.77. The molecule has 1 aromatic heterocycles. The molecule has 1 amide bonds. The van der Waals surface area contributed by atoms with Crippen LogP contribution in [0.5, 0.6) is 0 Å². The van der Waals surface area contributed by atoms with Crippen LogP contribution in [0.25, 0.3) is 0 Å². The Morgan fingerprint density at radius 1 is 1.47 bits per heavy atom. The molecule has 2 heterocycles. The second-order valence-corrected chi connectivity index (χ2v) is 5.77. The third-order valence-corrected chi connectivity index (χ3v) is 2.88. The molecular weight excluding hydrogens is 242 g/mol. The van der Waals surface area contributed by atoms with Crippen molar-refractivity contribution in [1.82, 2.24) is 10.3 Å². The van der Waals surface area contributed by atoms with Crippen molar-refractivity contribution in [3.63, 3.8) is 0 Å². The van der Waals surface area contributed by atoms with E-state index in [0.717, 1.165) is 25.3 Å². The van der Waals surface area contributed by atoms with E-state index in [-0.39, 0.29) is 12.1 Å². The number of carbonyl (C=O) groups is 1. The summed E-state index contributed by atoms with van der Waals surface area (Å²) in [5.41, 5.74) is -0.455. The van der Waals surface area contributed by atoms with E-state index in [1.807, 2.05) is 39.0 Å². The Morgan fingerprint density at radius 2 is 2.26 bits per heavy atom. The minimum atomic E-state index is -0.455. The Bertz CT molecular complexity index is 428. The Kier molecular flexibility index (Phi) is 3.93. The summed E-state index contributed by atoms with van der Waals surface area (Å²) < 4.78 is 5.26. The first-order valence-electron chi connectivity index (χ1n) is 6.59. The maximum atomic E-state index is 11.7. The lowest BCUT2D eigenvalue weighted by Crippen LogP contribution is -2.40. The lowest BCUT2D eigenvalue weighted by atomic mass is 10.2. The fraction of sp³-hybridized carbons (Fsp3) is 0.571. The van der Waals surface area contributed by atoms with Crippen LogP contribution in [0.15, 0.2) is 24.4 Å². The van der Waals surface area contributed by atoms with E-state index in [9.17, 15) is 4.79 Å². The summed E-state index contributed by atoms with van der Waals surface area (Å²) in [5.74, 6) is 0.955. The highest BCUT2D eigenvalue weighted by Crippen LogP contribution is 2.17. The monoisotopic (exact) mass is 263 g/mol. The molecule has 1 saturated heterocycles. The topological polar surface area (TPSA) is 54.5 Å². The third kappa shape index (κ3) is 4.12. The number of nitrogens with one attached hydrogen (secondary N) is 1. The lowest BCUT2D eigenvalue weighted by Gasteiger charge is -2.22. The molecular formula is C14H21N3O2. The fourth-order valence-electron chi connectivity index (χ4n) is 2.10. The maximum Gasteiger partial charge on any atom is 0.407 e. The van der Waals surface area contributed by atoms with E-state index >= 15 is 0 Å². The minimum absolute atomic E-state index is 0.122. The highest BCUT2D eigenvalue weighted by molar-refractivity contribution is 5.68. The van der Waals surface area contributed by atoms with Gasteiger partial charge in [0.25, 0.3) is 0 Å². The third-order valence-electron chi connectivity index (χ3n) is 2.88. The van der Waals surface area contributed by atoms with Crippen LogP contribution in [0, 0.1) is 0 Å². The van der Waals surface area contributed by atoms with E-state index in [1.54, 1.807) is 6.20 Å². The standard InChI is InChI=1S/C14H21N3O2/c1-14(2,3)19-13(18)16-11-7-9-17(10-11)12-6-4-5-8-15-12/h4-6,8,11H,7,9-10H2,1-3H3,(H,16,18). The first-order chi connectivity index (χ1) is 8.94. The molecule has 5 heteroatoms. The van der Waals surface area contributed by atoms with Crippen molar-refractivity contribution in [2.75, 3.05) is 18.0 Å². The lowest BCUT2D eigenvalue weighted by molar-refractivity contribution is 0.0509. The SMILES string of the molecule is CC(C)(C)OC(=O)NC1CCN(c2ccccn2)C1. The molecule has 0 bridgehead atoms. The number of pyridine rings is 1. The quantitative estimate of drug-likeness (QED) is 0.888. The summed E-state index contributed by atoms with van der Waals surface area (Å²) in [4.78, 5) is 18.2. The molecule has 1 atom stereocenters. The number of ether oxygens (including phenoxy) is 1. The predicted molar refractivity (Wildman–Crippen MR) is 74.2 cm³/mol. The predicted octanol–water partition coefficient (Wildman–Crippen LogP) is 2.19. The van der Waals surface area contributed by atoms with Crippen LogP contribution in [0.2, 0.25) is 0 Å². The van der Waals surface area contributed by atoms with E-state index in [0.29, 0.717) is 0 Å². The number of hydrogen-bond donors (Lipinski definition) is 1. The van der Waals surface area contributed by atoms with Crippen molar-refractivity contribution >= 4 is 11.9 Å². The van der Waals surface area contributed by atoms with E-state index in [4.69, 9.17) is 4.74 Å². The zero-order valence-electron chi connectivity index (χ0n) is 11.7. The molecule has 1 aliphatic heterocycles. The molecule has 1 N–H and O–H groups in total. The van der Waals surface area contributed by atoms with Crippen LogP contribution in [-0.2, 0) is 4.74 Å². The minimum Gasteiger partial charge on any atom is -0.444 e. The van der Waals surface area contributed by atoms with Crippen molar-refractivity contribution in [2.24, 2.45) is 0 Å². The van der Waals surface area contributed by atoms with Gasteiger partial charge in [0.2, 0.25) is 0 Å². The summed E-state index contributed by atoms with van der Waals surface area (Å²) in [5, 5.41) is 2.90. The zero-order chi connectivity index (χ0) is 13.9. The van der Waals surface area contributed by atoms with Gasteiger partial charge in [0.05, 0.1) is 6.04 Å². The average molecular weight is 263 g/mol. The van der Waals surface area contributed by atoms with Gasteiger partial charge < -0.3 is 15.0 Å². The van der Waals surface area contributed by atoms with Gasteiger partial charge in [-0.25, -0.2) is 9.78 Å². The molecule has 0 saturated carbocycles. The summed E-state index contributed by atoms with van der Waals surface area (Å²) >= 11 is 0. The maximum absolute atomic E-state index is 11.7. The highest BCUT2D eigenvalue weighted by Gasteiger charge is 2.26. The first kappa shape index (κ1) is 13.6. The number of alkyl carbamates (subject to hydrolysis) is 1. The molecule has 0 spiro atoms. The van der Waals surface area contributed by atoms with Gasteiger partial charge in [-0.15, -0.1) is 0 Å². The van der Waals surface area contributed by atoms with E-state index in [1.165, 1.54) is 0 Å². The van der Waals surface area contributed by atoms with Gasteiger partial charge >= 0.3 is 6.09 Å². The summed E-state index contributed by atoms with van der Waals surface area (Å²) in [6, 6.07) is 5.97. The van der Waals surface area contributed by atoms with Gasteiger partial charge in [0, 0.05) is 19.3 Å². The number of carbonyl (C=O) groups excluding carboxylic acids is 1. The molecule has 5 nitrogen and oxygen atoms in total. The summed E-state index contributed by atoms with van der Waals surface area (Å²) in [6.07, 6.45) is 2.35. The van der Waals surface area contributed by atoms with Crippen molar-refractivity contribution in [1.29, 1.82) is 0 Å². The molecule has 1 unspecified atom stereocenters. The average Bonchev–Trinajstić information content (AvgIpc) is 2.76. The first-order valence-corrected chi connectivity index (χ1v) is 6.59. The molecule has 0 aromatic carbocycles. The summed E-state index contributed by atoms with van der Waals surface area (Å²) in [6.45, 7) is 7.26. The van der Waals surface area contributed by atoms with Crippen LogP contribution in [0.1, 0.15) is 27.2 Å². The highest BCUT2D eigenvalue weighted by atomic mass is 16.6. The van der Waals surface area contributed by atoms with Crippen molar-refractivity contribution < 1.29 is 9.53 Å². The molecule has 0 radical (unpaired) electrons. The fourth-order valence-corrected chi connectivity index (χ4v) is 2.10. The molecule has 1 aliphatic rings. The van der Waals surface area contributed by atoms with Crippen molar-refractivity contribution in [2.45, 2.75) is 38.8 Å². The Labute approximate surface area is 114 Å². The van der Waals surface area contributed by atoms with Gasteiger partial charge in [-0.3, -0.25) is 0 Å². The van der Waals surface area contributed by atoms with Crippen LogP contribution in [0.4, 0.5) is 10.6 Å². The van der Waals surface area contributed by atoms with E-state index in [2.05, 4.69) is 15.2 Å². The number of rotatable bonds is 2. The van der Waals surface area contributed by atoms with Gasteiger partial charge in [0.1, 0.15) is 11.4 Å². The number of aromatic nitrogens is 1. The summed E-state index contributed by atoms with van der Waals surface area (Å²) in [7, 11) is 0.